The minimum Gasteiger partial charge on any atom is -0.497 e. The monoisotopic (exact) mass is 194 g/mol. The highest BCUT2D eigenvalue weighted by atomic mass is 32.2. The molecule has 1 aromatic carbocycles. The molecule has 0 aromatic heterocycles. The maximum Gasteiger partial charge on any atom is 0.120 e. The highest BCUT2D eigenvalue weighted by Gasteiger charge is 2.01. The quantitative estimate of drug-likeness (QED) is 0.589. The van der Waals surface area contributed by atoms with E-state index < -0.39 is 0 Å². The topological polar surface area (TPSA) is 59.0 Å². The van der Waals surface area contributed by atoms with Gasteiger partial charge >= 0.3 is 0 Å². The molecule has 0 radical (unpaired) electrons. The number of nitrogen functional groups attached to an aromatic ring is 1. The van der Waals surface area contributed by atoms with Crippen molar-refractivity contribution in [1.29, 1.82) is 5.26 Å². The van der Waals surface area contributed by atoms with Crippen LogP contribution >= 0.6 is 11.8 Å². The minimum atomic E-state index is 0.400. The lowest BCUT2D eigenvalue weighted by atomic mass is 10.3. The standard InChI is InChI=1S/C9H10N2OS/c1-12-7-2-3-8(11)9(6-7)13-5-4-10/h2-3,6H,5,11H2,1H3. The molecule has 0 unspecified atom stereocenters. The molecule has 0 saturated carbocycles. The van der Waals surface area contributed by atoms with Crippen LogP contribution < -0.4 is 10.5 Å². The predicted octanol–water partition coefficient (Wildman–Crippen LogP) is 1.89. The number of nitriles is 1. The summed E-state index contributed by atoms with van der Waals surface area (Å²) in [4.78, 5) is 0.890. The fourth-order valence-corrected chi connectivity index (χ4v) is 1.53. The molecule has 1 aromatic rings. The second kappa shape index (κ2) is 4.63. The molecule has 0 bridgehead atoms. The Hall–Kier alpha value is -1.34. The number of nitrogens with zero attached hydrogens (tertiary/aromatic N) is 1. The van der Waals surface area contributed by atoms with Gasteiger partial charge in [-0.2, -0.15) is 5.26 Å². The molecule has 68 valence electrons. The summed E-state index contributed by atoms with van der Waals surface area (Å²) in [6, 6.07) is 7.45. The molecule has 4 heteroatoms. The SMILES string of the molecule is COc1ccc(N)c(SCC#N)c1. The van der Waals surface area contributed by atoms with E-state index in [1.54, 1.807) is 19.2 Å². The van der Waals surface area contributed by atoms with Crippen molar-refractivity contribution >= 4 is 17.4 Å². The molecule has 0 heterocycles. The van der Waals surface area contributed by atoms with Crippen LogP contribution in [0.15, 0.2) is 23.1 Å². The van der Waals surface area contributed by atoms with Crippen LogP contribution in [0.1, 0.15) is 0 Å². The van der Waals surface area contributed by atoms with Crippen LogP contribution in [0.5, 0.6) is 5.75 Å². The Morgan fingerprint density at radius 2 is 2.38 bits per heavy atom. The fourth-order valence-electron chi connectivity index (χ4n) is 0.877. The summed E-state index contributed by atoms with van der Waals surface area (Å²) in [6.45, 7) is 0. The van der Waals surface area contributed by atoms with E-state index in [9.17, 15) is 0 Å². The molecule has 0 fully saturated rings. The zero-order chi connectivity index (χ0) is 9.68. The summed E-state index contributed by atoms with van der Waals surface area (Å²) >= 11 is 1.41. The second-order valence-corrected chi connectivity index (χ2v) is 3.37. The van der Waals surface area contributed by atoms with Gasteiger partial charge in [-0.05, 0) is 18.2 Å². The van der Waals surface area contributed by atoms with Crippen LogP contribution in [0.25, 0.3) is 0 Å². The molecule has 13 heavy (non-hydrogen) atoms. The Balaban J connectivity index is 2.85. The van der Waals surface area contributed by atoms with Gasteiger partial charge in [0.1, 0.15) is 5.75 Å². The van der Waals surface area contributed by atoms with E-state index >= 15 is 0 Å². The van der Waals surface area contributed by atoms with Gasteiger partial charge in [0, 0.05) is 10.6 Å². The van der Waals surface area contributed by atoms with Gasteiger partial charge in [-0.1, -0.05) is 0 Å². The van der Waals surface area contributed by atoms with Crippen molar-refractivity contribution in [3.63, 3.8) is 0 Å². The van der Waals surface area contributed by atoms with Gasteiger partial charge in [0.25, 0.3) is 0 Å². The molecular formula is C9H10N2OS. The van der Waals surface area contributed by atoms with Gasteiger partial charge in [-0.25, -0.2) is 0 Å². The lowest BCUT2D eigenvalue weighted by Crippen LogP contribution is -1.90. The molecule has 0 aliphatic rings. The largest absolute Gasteiger partial charge is 0.497 e. The first-order valence-corrected chi connectivity index (χ1v) is 4.69. The third-order valence-corrected chi connectivity index (χ3v) is 2.45. The molecular weight excluding hydrogens is 184 g/mol. The van der Waals surface area contributed by atoms with E-state index in [1.807, 2.05) is 12.1 Å². The van der Waals surface area contributed by atoms with Gasteiger partial charge in [-0.15, -0.1) is 11.8 Å². The number of ether oxygens (including phenoxy) is 1. The number of hydrogen-bond donors (Lipinski definition) is 1. The summed E-state index contributed by atoms with van der Waals surface area (Å²) in [5.41, 5.74) is 6.38. The van der Waals surface area contributed by atoms with Crippen LogP contribution in [0.2, 0.25) is 0 Å². The molecule has 0 amide bonds. The molecule has 1 rings (SSSR count). The number of rotatable bonds is 3. The zero-order valence-corrected chi connectivity index (χ0v) is 8.10. The van der Waals surface area contributed by atoms with Gasteiger partial charge in [0.2, 0.25) is 0 Å². The molecule has 0 aliphatic carbocycles. The summed E-state index contributed by atoms with van der Waals surface area (Å²) in [6.07, 6.45) is 0. The van der Waals surface area contributed by atoms with Gasteiger partial charge in [0.05, 0.1) is 18.9 Å². The van der Waals surface area contributed by atoms with E-state index in [2.05, 4.69) is 0 Å². The molecule has 0 atom stereocenters. The van der Waals surface area contributed by atoms with Gasteiger partial charge in [0.15, 0.2) is 0 Å². The average Bonchev–Trinajstić information content (AvgIpc) is 2.17. The summed E-state index contributed by atoms with van der Waals surface area (Å²) in [5, 5.41) is 8.40. The number of benzene rings is 1. The van der Waals surface area contributed by atoms with Crippen molar-refractivity contribution in [2.75, 3.05) is 18.6 Å². The Bertz CT molecular complexity index is 333. The highest BCUT2D eigenvalue weighted by molar-refractivity contribution is 7.99. The van der Waals surface area contributed by atoms with Crippen molar-refractivity contribution in [2.24, 2.45) is 0 Å². The van der Waals surface area contributed by atoms with Crippen molar-refractivity contribution in [1.82, 2.24) is 0 Å². The summed E-state index contributed by atoms with van der Waals surface area (Å²) < 4.78 is 5.04. The van der Waals surface area contributed by atoms with E-state index in [0.29, 0.717) is 11.4 Å². The zero-order valence-electron chi connectivity index (χ0n) is 7.28. The third-order valence-electron chi connectivity index (χ3n) is 1.51. The number of methoxy groups -OCH3 is 1. The first-order valence-electron chi connectivity index (χ1n) is 3.71. The lowest BCUT2D eigenvalue weighted by molar-refractivity contribution is 0.414. The fraction of sp³-hybridized carbons (Fsp3) is 0.222. The molecule has 0 spiro atoms. The number of anilines is 1. The Kier molecular flexibility index (Phi) is 3.47. The van der Waals surface area contributed by atoms with Crippen molar-refractivity contribution < 1.29 is 4.74 Å². The minimum absolute atomic E-state index is 0.400. The van der Waals surface area contributed by atoms with Gasteiger partial charge < -0.3 is 10.5 Å². The number of nitrogens with two attached hydrogens (primary N) is 1. The summed E-state index contributed by atoms with van der Waals surface area (Å²) in [7, 11) is 1.60. The molecule has 0 aliphatic heterocycles. The van der Waals surface area contributed by atoms with Crippen LogP contribution in [-0.2, 0) is 0 Å². The highest BCUT2D eigenvalue weighted by Crippen LogP contribution is 2.28. The average molecular weight is 194 g/mol. The van der Waals surface area contributed by atoms with E-state index in [-0.39, 0.29) is 0 Å². The van der Waals surface area contributed by atoms with Crippen LogP contribution in [0.3, 0.4) is 0 Å². The second-order valence-electron chi connectivity index (χ2n) is 2.35. The number of hydrogen-bond acceptors (Lipinski definition) is 4. The maximum atomic E-state index is 8.40. The Morgan fingerprint density at radius 3 is 3.00 bits per heavy atom. The predicted molar refractivity (Wildman–Crippen MR) is 53.7 cm³/mol. The van der Waals surface area contributed by atoms with Crippen molar-refractivity contribution in [3.05, 3.63) is 18.2 Å². The Morgan fingerprint density at radius 1 is 1.62 bits per heavy atom. The third kappa shape index (κ3) is 2.56. The normalized spacial score (nSPS) is 9.23. The van der Waals surface area contributed by atoms with Crippen LogP contribution in [0.4, 0.5) is 5.69 Å². The van der Waals surface area contributed by atoms with Gasteiger partial charge in [-0.3, -0.25) is 0 Å². The van der Waals surface area contributed by atoms with Crippen LogP contribution in [-0.4, -0.2) is 12.9 Å². The first-order chi connectivity index (χ1) is 6.27. The van der Waals surface area contributed by atoms with Crippen molar-refractivity contribution in [3.8, 4) is 11.8 Å². The molecule has 2 N–H and O–H groups in total. The maximum absolute atomic E-state index is 8.40. The van der Waals surface area contributed by atoms with E-state index in [0.717, 1.165) is 10.6 Å². The Labute approximate surface area is 81.5 Å². The molecule has 0 saturated heterocycles. The lowest BCUT2D eigenvalue weighted by Gasteiger charge is -2.05. The number of thioether (sulfide) groups is 1. The first kappa shape index (κ1) is 9.75. The van der Waals surface area contributed by atoms with E-state index in [1.165, 1.54) is 11.8 Å². The van der Waals surface area contributed by atoms with Crippen molar-refractivity contribution in [2.45, 2.75) is 4.90 Å². The van der Waals surface area contributed by atoms with Crippen LogP contribution in [0, 0.1) is 11.3 Å². The molecule has 3 nitrogen and oxygen atoms in total. The summed E-state index contributed by atoms with van der Waals surface area (Å²) in [5.74, 6) is 1.16. The smallest absolute Gasteiger partial charge is 0.120 e. The van der Waals surface area contributed by atoms with E-state index in [4.69, 9.17) is 15.7 Å².